The van der Waals surface area contributed by atoms with E-state index in [1.165, 1.54) is 0 Å². The lowest BCUT2D eigenvalue weighted by Gasteiger charge is -2.07. The number of carbonyl (C=O) groups is 1. The smallest absolute Gasteiger partial charge is 0.253 e. The summed E-state index contributed by atoms with van der Waals surface area (Å²) in [5.74, 6) is 0.621. The van der Waals surface area contributed by atoms with Gasteiger partial charge in [0.15, 0.2) is 0 Å². The molecular weight excluding hydrogens is 316 g/mol. The lowest BCUT2D eigenvalue weighted by molar-refractivity contribution is -0.120. The molecule has 25 heavy (non-hydrogen) atoms. The molecule has 2 aromatic carbocycles. The maximum atomic E-state index is 12.1. The zero-order valence-electron chi connectivity index (χ0n) is 14.3. The number of hydrogen-bond donors (Lipinski definition) is 2. The fourth-order valence-corrected chi connectivity index (χ4v) is 2.69. The highest BCUT2D eigenvalue weighted by Gasteiger charge is 2.07. The molecule has 1 aromatic heterocycles. The largest absolute Gasteiger partial charge is 0.497 e. The lowest BCUT2D eigenvalue weighted by atomic mass is 10.1. The molecule has 0 unspecified atom stereocenters. The van der Waals surface area contributed by atoms with E-state index in [0.717, 1.165) is 27.8 Å². The molecule has 128 valence electrons. The molecule has 1 amide bonds. The van der Waals surface area contributed by atoms with Gasteiger partial charge < -0.3 is 15.0 Å². The highest BCUT2D eigenvalue weighted by atomic mass is 16.5. The number of aromatic amines is 1. The van der Waals surface area contributed by atoms with Gasteiger partial charge in [0.05, 0.1) is 13.5 Å². The van der Waals surface area contributed by atoms with Crippen LogP contribution in [0.15, 0.2) is 53.3 Å². The number of H-pyrrole nitrogens is 1. The minimum atomic E-state index is -0.180. The van der Waals surface area contributed by atoms with E-state index in [4.69, 9.17) is 4.74 Å². The first-order valence-electron chi connectivity index (χ1n) is 8.07. The maximum absolute atomic E-state index is 12.1. The fraction of sp³-hybridized carbons (Fsp3) is 0.200. The maximum Gasteiger partial charge on any atom is 0.253 e. The van der Waals surface area contributed by atoms with Crippen molar-refractivity contribution in [3.63, 3.8) is 0 Å². The molecule has 3 rings (SSSR count). The summed E-state index contributed by atoms with van der Waals surface area (Å²) in [4.78, 5) is 27.1. The minimum absolute atomic E-state index is 0.131. The van der Waals surface area contributed by atoms with Crippen LogP contribution in [0.2, 0.25) is 0 Å². The molecule has 0 atom stereocenters. The number of fused-ring (bicyclic) bond motifs is 1. The Labute approximate surface area is 145 Å². The van der Waals surface area contributed by atoms with Gasteiger partial charge in [0.1, 0.15) is 5.75 Å². The van der Waals surface area contributed by atoms with Gasteiger partial charge >= 0.3 is 0 Å². The Kier molecular flexibility index (Phi) is 4.84. The molecule has 2 N–H and O–H groups in total. The summed E-state index contributed by atoms with van der Waals surface area (Å²) in [6, 6.07) is 15.0. The van der Waals surface area contributed by atoms with Crippen LogP contribution >= 0.6 is 0 Å². The number of amides is 1. The van der Waals surface area contributed by atoms with E-state index in [0.29, 0.717) is 5.56 Å². The Balaban J connectivity index is 1.67. The molecule has 5 nitrogen and oxygen atoms in total. The van der Waals surface area contributed by atoms with Gasteiger partial charge in [-0.1, -0.05) is 23.8 Å². The first-order valence-corrected chi connectivity index (χ1v) is 8.07. The van der Waals surface area contributed by atoms with Gasteiger partial charge in [-0.05, 0) is 48.2 Å². The summed E-state index contributed by atoms with van der Waals surface area (Å²) in [6.07, 6.45) is 0.259. The number of benzene rings is 2. The van der Waals surface area contributed by atoms with Gasteiger partial charge in [-0.15, -0.1) is 0 Å². The van der Waals surface area contributed by atoms with E-state index in [1.807, 2.05) is 55.5 Å². The van der Waals surface area contributed by atoms with Gasteiger partial charge in [0.25, 0.3) is 5.56 Å². The molecule has 0 aliphatic rings. The number of nitrogens with one attached hydrogen (secondary N) is 2. The second-order valence-electron chi connectivity index (χ2n) is 6.02. The topological polar surface area (TPSA) is 71.2 Å². The Morgan fingerprint density at radius 1 is 1.12 bits per heavy atom. The molecule has 0 aliphatic heterocycles. The summed E-state index contributed by atoms with van der Waals surface area (Å²) in [5, 5.41) is 3.76. The first kappa shape index (κ1) is 16.8. The van der Waals surface area contributed by atoms with Crippen molar-refractivity contribution < 1.29 is 9.53 Å². The first-order chi connectivity index (χ1) is 12.0. The molecule has 0 spiro atoms. The van der Waals surface area contributed by atoms with Gasteiger partial charge in [-0.2, -0.15) is 0 Å². The number of rotatable bonds is 5. The van der Waals surface area contributed by atoms with Crippen LogP contribution in [0.25, 0.3) is 10.9 Å². The van der Waals surface area contributed by atoms with Crippen LogP contribution in [0.5, 0.6) is 5.75 Å². The second kappa shape index (κ2) is 7.21. The van der Waals surface area contributed by atoms with Crippen molar-refractivity contribution in [2.24, 2.45) is 0 Å². The summed E-state index contributed by atoms with van der Waals surface area (Å²) in [5.41, 5.74) is 3.17. The number of aryl methyl sites for hydroxylation is 1. The van der Waals surface area contributed by atoms with Crippen LogP contribution < -0.4 is 15.6 Å². The van der Waals surface area contributed by atoms with Crippen molar-refractivity contribution in [1.29, 1.82) is 0 Å². The SMILES string of the molecule is COc1ccc(CC(=O)NCc2cc3cc(C)ccc3[nH]c2=O)cc1. The number of hydrogen-bond acceptors (Lipinski definition) is 3. The highest BCUT2D eigenvalue weighted by Crippen LogP contribution is 2.14. The van der Waals surface area contributed by atoms with Crippen molar-refractivity contribution in [3.8, 4) is 5.75 Å². The molecule has 1 heterocycles. The summed E-state index contributed by atoms with van der Waals surface area (Å²) in [7, 11) is 1.60. The average Bonchev–Trinajstić information content (AvgIpc) is 2.61. The minimum Gasteiger partial charge on any atom is -0.497 e. The fourth-order valence-electron chi connectivity index (χ4n) is 2.69. The van der Waals surface area contributed by atoms with Crippen molar-refractivity contribution >= 4 is 16.8 Å². The van der Waals surface area contributed by atoms with E-state index in [2.05, 4.69) is 10.3 Å². The van der Waals surface area contributed by atoms with Gasteiger partial charge in [0.2, 0.25) is 5.91 Å². The molecule has 0 saturated heterocycles. The van der Waals surface area contributed by atoms with Crippen LogP contribution in [-0.4, -0.2) is 18.0 Å². The van der Waals surface area contributed by atoms with E-state index >= 15 is 0 Å². The predicted octanol–water partition coefficient (Wildman–Crippen LogP) is 2.70. The van der Waals surface area contributed by atoms with E-state index < -0.39 is 0 Å². The highest BCUT2D eigenvalue weighted by molar-refractivity contribution is 5.80. The van der Waals surface area contributed by atoms with Crippen LogP contribution in [0.4, 0.5) is 0 Å². The molecule has 0 saturated carbocycles. The number of ether oxygens (including phenoxy) is 1. The van der Waals surface area contributed by atoms with E-state index in [9.17, 15) is 9.59 Å². The quantitative estimate of drug-likeness (QED) is 0.752. The van der Waals surface area contributed by atoms with Crippen molar-refractivity contribution in [2.75, 3.05) is 7.11 Å². The summed E-state index contributed by atoms with van der Waals surface area (Å²) >= 11 is 0. The second-order valence-corrected chi connectivity index (χ2v) is 6.02. The number of aromatic nitrogens is 1. The monoisotopic (exact) mass is 336 g/mol. The van der Waals surface area contributed by atoms with Gasteiger partial charge in [-0.3, -0.25) is 9.59 Å². The standard InChI is InChI=1S/C20H20N2O3/c1-13-3-8-18-15(9-13)11-16(20(24)22-18)12-21-19(23)10-14-4-6-17(25-2)7-5-14/h3-9,11H,10,12H2,1-2H3,(H,21,23)(H,22,24). The molecule has 0 bridgehead atoms. The predicted molar refractivity (Wildman–Crippen MR) is 97.9 cm³/mol. The normalized spacial score (nSPS) is 10.6. The number of methoxy groups -OCH3 is 1. The van der Waals surface area contributed by atoms with Crippen LogP contribution in [0.3, 0.4) is 0 Å². The van der Waals surface area contributed by atoms with Crippen LogP contribution in [0, 0.1) is 6.92 Å². The molecular formula is C20H20N2O3. The molecule has 0 aliphatic carbocycles. The molecule has 3 aromatic rings. The van der Waals surface area contributed by atoms with Gasteiger partial charge in [0, 0.05) is 17.6 Å². The molecule has 5 heteroatoms. The Bertz CT molecular complexity index is 959. The lowest BCUT2D eigenvalue weighted by Crippen LogP contribution is -2.27. The van der Waals surface area contributed by atoms with Gasteiger partial charge in [-0.25, -0.2) is 0 Å². The van der Waals surface area contributed by atoms with Crippen molar-refractivity contribution in [2.45, 2.75) is 19.9 Å². The zero-order valence-corrected chi connectivity index (χ0v) is 14.3. The Hall–Kier alpha value is -3.08. The summed E-state index contributed by atoms with van der Waals surface area (Å²) < 4.78 is 5.10. The van der Waals surface area contributed by atoms with Crippen LogP contribution in [0.1, 0.15) is 16.7 Å². The third-order valence-corrected chi connectivity index (χ3v) is 4.08. The third-order valence-electron chi connectivity index (χ3n) is 4.08. The zero-order chi connectivity index (χ0) is 17.8. The van der Waals surface area contributed by atoms with Crippen molar-refractivity contribution in [1.82, 2.24) is 10.3 Å². The third kappa shape index (κ3) is 4.07. The molecule has 0 fully saturated rings. The van der Waals surface area contributed by atoms with Crippen LogP contribution in [-0.2, 0) is 17.8 Å². The van der Waals surface area contributed by atoms with E-state index in [-0.39, 0.29) is 24.4 Å². The molecule has 0 radical (unpaired) electrons. The average molecular weight is 336 g/mol. The summed E-state index contributed by atoms with van der Waals surface area (Å²) in [6.45, 7) is 2.20. The Morgan fingerprint density at radius 2 is 1.88 bits per heavy atom. The Morgan fingerprint density at radius 3 is 2.60 bits per heavy atom. The van der Waals surface area contributed by atoms with E-state index in [1.54, 1.807) is 7.11 Å². The number of pyridine rings is 1. The number of carbonyl (C=O) groups excluding carboxylic acids is 1. The van der Waals surface area contributed by atoms with Crippen molar-refractivity contribution in [3.05, 3.63) is 75.6 Å².